The third-order valence-corrected chi connectivity index (χ3v) is 12.4. The second-order valence-electron chi connectivity index (χ2n) is 13.6. The first kappa shape index (κ1) is 38.1. The van der Waals surface area contributed by atoms with Crippen molar-refractivity contribution in [3.8, 4) is 0 Å². The molecule has 0 bridgehead atoms. The van der Waals surface area contributed by atoms with E-state index in [4.69, 9.17) is 25.8 Å². The molecular formula is C41H53ClO5S. The Hall–Kier alpha value is -2.74. The predicted molar refractivity (Wildman–Crippen MR) is 197 cm³/mol. The van der Waals surface area contributed by atoms with E-state index >= 15 is 0 Å². The molecule has 1 aliphatic rings. The topological polar surface area (TPSA) is 61.8 Å². The fraction of sp³-hybridized carbons (Fsp3) is 0.463. The summed E-state index contributed by atoms with van der Waals surface area (Å²) in [5, 5.41) is 0. The summed E-state index contributed by atoms with van der Waals surface area (Å²) in [5.41, 5.74) is 4.02. The Kier molecular flexibility index (Phi) is 15.0. The van der Waals surface area contributed by atoms with Gasteiger partial charge >= 0.3 is 0 Å². The highest BCUT2D eigenvalue weighted by molar-refractivity contribution is 7.91. The number of hydrogen-bond acceptors (Lipinski definition) is 5. The van der Waals surface area contributed by atoms with E-state index in [2.05, 4.69) is 52.0 Å². The first-order valence-electron chi connectivity index (χ1n) is 17.1. The number of benzene rings is 3. The van der Waals surface area contributed by atoms with Crippen LogP contribution in [0.1, 0.15) is 64.5 Å². The largest absolute Gasteiger partial charge is 0.376 e. The molecular weight excluding hydrogens is 640 g/mol. The van der Waals surface area contributed by atoms with Gasteiger partial charge in [0.15, 0.2) is 9.84 Å². The summed E-state index contributed by atoms with van der Waals surface area (Å²) in [4.78, 5) is 0.364. The van der Waals surface area contributed by atoms with Crippen molar-refractivity contribution in [1.82, 2.24) is 0 Å². The normalized spacial score (nSPS) is 22.8. The van der Waals surface area contributed by atoms with Gasteiger partial charge in [0.05, 0.1) is 36.6 Å². The average molecular weight is 693 g/mol. The van der Waals surface area contributed by atoms with Crippen LogP contribution < -0.4 is 0 Å². The molecule has 0 aromatic heterocycles. The van der Waals surface area contributed by atoms with Gasteiger partial charge in [-0.25, -0.2) is 8.42 Å². The van der Waals surface area contributed by atoms with Crippen molar-refractivity contribution in [3.05, 3.63) is 125 Å². The van der Waals surface area contributed by atoms with Crippen LogP contribution in [0.25, 0.3) is 0 Å². The van der Waals surface area contributed by atoms with Gasteiger partial charge in [-0.1, -0.05) is 116 Å². The molecule has 0 unspecified atom stereocenters. The van der Waals surface area contributed by atoms with Gasteiger partial charge in [-0.3, -0.25) is 0 Å². The molecule has 48 heavy (non-hydrogen) atoms. The van der Waals surface area contributed by atoms with Crippen molar-refractivity contribution >= 4 is 21.4 Å². The summed E-state index contributed by atoms with van der Waals surface area (Å²) in [5.74, 6) is 0.696. The van der Waals surface area contributed by atoms with Gasteiger partial charge < -0.3 is 14.2 Å². The van der Waals surface area contributed by atoms with E-state index in [0.29, 0.717) is 30.6 Å². The Morgan fingerprint density at radius 3 is 2.06 bits per heavy atom. The summed E-state index contributed by atoms with van der Waals surface area (Å²) in [6.07, 6.45) is 7.75. The highest BCUT2D eigenvalue weighted by Crippen LogP contribution is 2.51. The van der Waals surface area contributed by atoms with Crippen LogP contribution in [0.5, 0.6) is 0 Å². The lowest BCUT2D eigenvalue weighted by molar-refractivity contribution is -0.134. The molecule has 5 nitrogen and oxygen atoms in total. The Balaban J connectivity index is 1.64. The lowest BCUT2D eigenvalue weighted by atomic mass is 9.57. The van der Waals surface area contributed by atoms with Gasteiger partial charge in [-0.05, 0) is 86.0 Å². The molecule has 7 heteroatoms. The minimum atomic E-state index is -3.56. The lowest BCUT2D eigenvalue weighted by Gasteiger charge is -2.51. The van der Waals surface area contributed by atoms with E-state index in [1.165, 1.54) is 11.1 Å². The van der Waals surface area contributed by atoms with Crippen molar-refractivity contribution in [2.45, 2.75) is 77.6 Å². The minimum absolute atomic E-state index is 0.0309. The van der Waals surface area contributed by atoms with Crippen molar-refractivity contribution < 1.29 is 22.6 Å². The molecule has 1 fully saturated rings. The molecule has 0 aliphatic heterocycles. The second kappa shape index (κ2) is 18.9. The van der Waals surface area contributed by atoms with E-state index in [1.807, 2.05) is 54.6 Å². The first-order chi connectivity index (χ1) is 23.1. The van der Waals surface area contributed by atoms with Gasteiger partial charge in [-0.15, -0.1) is 11.6 Å². The van der Waals surface area contributed by atoms with E-state index in [1.54, 1.807) is 24.3 Å². The molecule has 3 aromatic rings. The van der Waals surface area contributed by atoms with Crippen LogP contribution in [0.15, 0.2) is 119 Å². The smallest absolute Gasteiger partial charge is 0.178 e. The monoisotopic (exact) mass is 692 g/mol. The minimum Gasteiger partial charge on any atom is -0.376 e. The van der Waals surface area contributed by atoms with Crippen LogP contribution >= 0.6 is 11.6 Å². The molecule has 0 heterocycles. The molecule has 0 N–H and O–H groups in total. The number of allylic oxidation sites excluding steroid dienone is 3. The Morgan fingerprint density at radius 1 is 0.875 bits per heavy atom. The maximum absolute atomic E-state index is 14.0. The van der Waals surface area contributed by atoms with E-state index in [9.17, 15) is 8.42 Å². The molecule has 0 amide bonds. The van der Waals surface area contributed by atoms with Crippen LogP contribution in [0, 0.1) is 23.2 Å². The number of hydrogen-bond donors (Lipinski definition) is 0. The first-order valence-corrected chi connectivity index (χ1v) is 19.3. The van der Waals surface area contributed by atoms with Gasteiger partial charge in [0.25, 0.3) is 0 Å². The fourth-order valence-corrected chi connectivity index (χ4v) is 9.07. The van der Waals surface area contributed by atoms with Gasteiger partial charge in [0.1, 0.15) is 6.79 Å². The number of ether oxygens (including phenoxy) is 3. The van der Waals surface area contributed by atoms with Gasteiger partial charge in [0.2, 0.25) is 0 Å². The Bertz CT molecular complexity index is 1540. The summed E-state index contributed by atoms with van der Waals surface area (Å²) in [6.45, 7) is 10.0. The van der Waals surface area contributed by atoms with Crippen molar-refractivity contribution in [2.24, 2.45) is 23.2 Å². The Labute approximate surface area is 294 Å². The van der Waals surface area contributed by atoms with Crippen LogP contribution in [-0.2, 0) is 37.3 Å². The summed E-state index contributed by atoms with van der Waals surface area (Å²) < 4.78 is 47.1. The Morgan fingerprint density at radius 2 is 1.46 bits per heavy atom. The maximum Gasteiger partial charge on any atom is 0.178 e. The molecule has 1 saturated carbocycles. The van der Waals surface area contributed by atoms with Gasteiger partial charge in [0, 0.05) is 5.88 Å². The highest BCUT2D eigenvalue weighted by atomic mass is 35.5. The predicted octanol–water partition coefficient (Wildman–Crippen LogP) is 9.82. The van der Waals surface area contributed by atoms with Crippen LogP contribution in [0.4, 0.5) is 0 Å². The average Bonchev–Trinajstić information content (AvgIpc) is 3.09. The third kappa shape index (κ3) is 11.1. The number of sulfone groups is 1. The number of rotatable bonds is 18. The van der Waals surface area contributed by atoms with E-state index in [0.717, 1.165) is 36.8 Å². The van der Waals surface area contributed by atoms with Crippen molar-refractivity contribution in [3.63, 3.8) is 0 Å². The zero-order valence-corrected chi connectivity index (χ0v) is 30.6. The molecule has 0 radical (unpaired) electrons. The molecule has 0 spiro atoms. The fourth-order valence-electron chi connectivity index (χ4n) is 6.90. The summed E-state index contributed by atoms with van der Waals surface area (Å²) in [7, 11) is -3.56. The van der Waals surface area contributed by atoms with E-state index < -0.39 is 15.3 Å². The zero-order chi connectivity index (χ0) is 34.4. The van der Waals surface area contributed by atoms with Gasteiger partial charge in [-0.2, -0.15) is 0 Å². The SMILES string of the molecule is C/C(=C\CC/C(C)=C/[C@@H](OCOCc1ccccc1)[C@@H]1CC[C@@H](C)[C@](C)(CS(=O)(=O)c2ccccc2)[C@H]1COCc1ccccc1)CCl. The highest BCUT2D eigenvalue weighted by Gasteiger charge is 2.51. The standard InChI is InChI=1S/C41H53ClO5S/c1-32(15-14-16-33(2)26-42)25-40(47-31-46-28-36-19-10-6-11-20-36)38-24-23-34(3)41(4,30-48(43,44)37-21-12-7-13-22-37)39(38)29-45-27-35-17-8-5-9-18-35/h5-13,16-22,25,34,38-40H,14-15,23-24,26-31H2,1-4H3/b32-25+,33-16+/t34-,38-,39+,40-,41+/m1/s1. The van der Waals surface area contributed by atoms with Crippen molar-refractivity contribution in [2.75, 3.05) is 25.0 Å². The molecule has 260 valence electrons. The molecule has 3 aromatic carbocycles. The van der Waals surface area contributed by atoms with Crippen LogP contribution in [0.2, 0.25) is 0 Å². The summed E-state index contributed by atoms with van der Waals surface area (Å²) in [6, 6.07) is 29.1. The summed E-state index contributed by atoms with van der Waals surface area (Å²) >= 11 is 6.02. The number of alkyl halides is 1. The second-order valence-corrected chi connectivity index (χ2v) is 15.9. The molecule has 1 aliphatic carbocycles. The molecule has 4 rings (SSSR count). The molecule has 0 saturated heterocycles. The van der Waals surface area contributed by atoms with Crippen LogP contribution in [-0.4, -0.2) is 39.6 Å². The number of halogens is 1. The maximum atomic E-state index is 14.0. The molecule has 5 atom stereocenters. The van der Waals surface area contributed by atoms with Crippen molar-refractivity contribution in [1.29, 1.82) is 0 Å². The zero-order valence-electron chi connectivity index (χ0n) is 29.0. The lowest BCUT2D eigenvalue weighted by Crippen LogP contribution is -2.51. The quantitative estimate of drug-likeness (QED) is 0.0575. The van der Waals surface area contributed by atoms with Crippen LogP contribution in [0.3, 0.4) is 0 Å². The van der Waals surface area contributed by atoms with E-state index in [-0.39, 0.29) is 36.4 Å². The third-order valence-electron chi connectivity index (χ3n) is 10.0.